The Bertz CT molecular complexity index is 560. The molecule has 0 amide bonds. The van der Waals surface area contributed by atoms with E-state index < -0.39 is 0 Å². The van der Waals surface area contributed by atoms with Crippen molar-refractivity contribution in [1.82, 2.24) is 0 Å². The highest BCUT2D eigenvalue weighted by molar-refractivity contribution is 5.24. The van der Waals surface area contributed by atoms with Gasteiger partial charge in [0.1, 0.15) is 0 Å². The molecule has 0 spiro atoms. The van der Waals surface area contributed by atoms with Crippen LogP contribution in [0.25, 0.3) is 0 Å². The molecule has 24 heavy (non-hydrogen) atoms. The Morgan fingerprint density at radius 2 is 1.88 bits per heavy atom. The first-order valence-electron chi connectivity index (χ1n) is 10.4. The van der Waals surface area contributed by atoms with Crippen LogP contribution in [-0.4, -0.2) is 11.2 Å². The van der Waals surface area contributed by atoms with Crippen LogP contribution in [-0.2, 0) is 0 Å². The first-order chi connectivity index (χ1) is 11.4. The van der Waals surface area contributed by atoms with Gasteiger partial charge in [-0.2, -0.15) is 0 Å². The summed E-state index contributed by atoms with van der Waals surface area (Å²) in [5, 5.41) is 10.2. The molecule has 1 nitrogen and oxygen atoms in total. The van der Waals surface area contributed by atoms with Crippen molar-refractivity contribution in [2.75, 3.05) is 0 Å². The van der Waals surface area contributed by atoms with Crippen LogP contribution in [0.3, 0.4) is 0 Å². The molecule has 0 heterocycles. The van der Waals surface area contributed by atoms with E-state index in [4.69, 9.17) is 0 Å². The van der Waals surface area contributed by atoms with Gasteiger partial charge in [-0.25, -0.2) is 0 Å². The molecule has 0 saturated heterocycles. The highest BCUT2D eigenvalue weighted by Gasteiger charge is 2.57. The fraction of sp³-hybridized carbons (Fsp3) is 0.826. The van der Waals surface area contributed by atoms with E-state index in [0.29, 0.717) is 10.8 Å². The van der Waals surface area contributed by atoms with Crippen molar-refractivity contribution in [3.8, 4) is 0 Å². The van der Waals surface area contributed by atoms with E-state index in [-0.39, 0.29) is 6.10 Å². The molecule has 1 N–H and O–H groups in total. The van der Waals surface area contributed by atoms with Gasteiger partial charge in [0, 0.05) is 0 Å². The third kappa shape index (κ3) is 2.30. The number of aliphatic hydroxyl groups excluding tert-OH is 1. The number of hydrogen-bond donors (Lipinski definition) is 1. The van der Waals surface area contributed by atoms with Gasteiger partial charge in [-0.05, 0) is 99.2 Å². The number of allylic oxidation sites excluding steroid dienone is 2. The summed E-state index contributed by atoms with van der Waals surface area (Å²) in [6.07, 6.45) is 13.8. The van der Waals surface area contributed by atoms with Crippen LogP contribution in [0.2, 0.25) is 0 Å². The lowest BCUT2D eigenvalue weighted by Gasteiger charge is -2.55. The first-order valence-corrected chi connectivity index (χ1v) is 10.4. The van der Waals surface area contributed by atoms with Crippen LogP contribution in [0.4, 0.5) is 0 Å². The molecule has 0 radical (unpaired) electrons. The Balaban J connectivity index is 1.66. The SMILES string of the molecule is C=C(C)[C@H]1CC[C@H]2[C@H]3CCC=C4C[C@@H](O)CC[C@]4(C)[C@H]3CC[C@]12C. The largest absolute Gasteiger partial charge is 0.393 e. The highest BCUT2D eigenvalue weighted by Crippen LogP contribution is 2.66. The molecular formula is C23H36O. The predicted octanol–water partition coefficient (Wildman–Crippen LogP) is 5.89. The van der Waals surface area contributed by atoms with Gasteiger partial charge in [0.15, 0.2) is 0 Å². The van der Waals surface area contributed by atoms with E-state index in [9.17, 15) is 5.11 Å². The Labute approximate surface area is 148 Å². The molecule has 0 aromatic heterocycles. The van der Waals surface area contributed by atoms with Gasteiger partial charge in [0.2, 0.25) is 0 Å². The van der Waals surface area contributed by atoms with Crippen molar-refractivity contribution in [1.29, 1.82) is 0 Å². The lowest BCUT2D eigenvalue weighted by atomic mass is 9.50. The Morgan fingerprint density at radius 1 is 1.08 bits per heavy atom. The standard InChI is InChI=1S/C23H36O/c1-15(2)19-8-9-20-18-7-5-6-16-14-17(24)10-12-22(16,3)21(18)11-13-23(19,20)4/h6,17-21,24H,1,5,7-14H2,2-4H3/t17-,18+,19+,20-,21-,22-,23+/m0/s1. The number of fused-ring (bicyclic) bond motifs is 5. The highest BCUT2D eigenvalue weighted by atomic mass is 16.3. The zero-order valence-electron chi connectivity index (χ0n) is 16.0. The molecule has 0 aromatic carbocycles. The zero-order valence-corrected chi connectivity index (χ0v) is 16.0. The minimum absolute atomic E-state index is 0.0889. The second-order valence-corrected chi connectivity index (χ2v) is 10.0. The van der Waals surface area contributed by atoms with Crippen LogP contribution >= 0.6 is 0 Å². The van der Waals surface area contributed by atoms with E-state index >= 15 is 0 Å². The first kappa shape index (κ1) is 16.9. The quantitative estimate of drug-likeness (QED) is 0.595. The van der Waals surface area contributed by atoms with Gasteiger partial charge in [-0.1, -0.05) is 37.6 Å². The molecule has 3 fully saturated rings. The molecule has 4 aliphatic rings. The average molecular weight is 329 g/mol. The molecule has 0 bridgehead atoms. The van der Waals surface area contributed by atoms with Crippen molar-refractivity contribution >= 4 is 0 Å². The van der Waals surface area contributed by atoms with Crippen LogP contribution in [0.1, 0.15) is 78.6 Å². The smallest absolute Gasteiger partial charge is 0.0577 e. The van der Waals surface area contributed by atoms with Crippen LogP contribution in [0, 0.1) is 34.5 Å². The lowest BCUT2D eigenvalue weighted by Crippen LogP contribution is -2.48. The van der Waals surface area contributed by atoms with E-state index in [0.717, 1.165) is 36.5 Å². The summed E-state index contributed by atoms with van der Waals surface area (Å²) in [6.45, 7) is 11.7. The number of aliphatic hydroxyl groups is 1. The van der Waals surface area contributed by atoms with Crippen molar-refractivity contribution in [3.05, 3.63) is 23.8 Å². The summed E-state index contributed by atoms with van der Waals surface area (Å²) in [4.78, 5) is 0. The van der Waals surface area contributed by atoms with E-state index in [1.807, 2.05) is 0 Å². The molecule has 1 heteroatoms. The van der Waals surface area contributed by atoms with Gasteiger partial charge in [0.25, 0.3) is 0 Å². The maximum absolute atomic E-state index is 10.2. The number of hydrogen-bond acceptors (Lipinski definition) is 1. The third-order valence-corrected chi connectivity index (χ3v) is 8.93. The van der Waals surface area contributed by atoms with Gasteiger partial charge in [-0.15, -0.1) is 0 Å². The summed E-state index contributed by atoms with van der Waals surface area (Å²) in [5.74, 6) is 3.39. The summed E-state index contributed by atoms with van der Waals surface area (Å²) in [6, 6.07) is 0. The minimum atomic E-state index is -0.0889. The van der Waals surface area contributed by atoms with Crippen molar-refractivity contribution in [2.45, 2.75) is 84.7 Å². The van der Waals surface area contributed by atoms with Gasteiger partial charge in [0.05, 0.1) is 6.10 Å². The second-order valence-electron chi connectivity index (χ2n) is 10.0. The molecule has 3 saturated carbocycles. The molecule has 4 aliphatic carbocycles. The number of rotatable bonds is 1. The molecule has 0 aromatic rings. The Kier molecular flexibility index (Phi) is 4.03. The van der Waals surface area contributed by atoms with Gasteiger partial charge in [-0.3, -0.25) is 0 Å². The Morgan fingerprint density at radius 3 is 2.62 bits per heavy atom. The van der Waals surface area contributed by atoms with E-state index in [1.165, 1.54) is 50.5 Å². The molecule has 134 valence electrons. The molecule has 0 aliphatic heterocycles. The van der Waals surface area contributed by atoms with Crippen molar-refractivity contribution in [3.63, 3.8) is 0 Å². The fourth-order valence-electron chi connectivity index (χ4n) is 7.70. The fourth-order valence-corrected chi connectivity index (χ4v) is 7.70. The normalized spacial score (nSPS) is 51.0. The van der Waals surface area contributed by atoms with Crippen LogP contribution in [0.15, 0.2) is 23.8 Å². The van der Waals surface area contributed by atoms with Crippen LogP contribution < -0.4 is 0 Å². The zero-order chi connectivity index (χ0) is 17.1. The second kappa shape index (κ2) is 5.73. The third-order valence-electron chi connectivity index (χ3n) is 8.93. The minimum Gasteiger partial charge on any atom is -0.393 e. The Hall–Kier alpha value is -0.560. The van der Waals surface area contributed by atoms with Crippen molar-refractivity contribution in [2.24, 2.45) is 34.5 Å². The molecular weight excluding hydrogens is 292 g/mol. The maximum Gasteiger partial charge on any atom is 0.0577 e. The van der Waals surface area contributed by atoms with E-state index in [1.54, 1.807) is 5.57 Å². The van der Waals surface area contributed by atoms with Crippen molar-refractivity contribution < 1.29 is 5.11 Å². The summed E-state index contributed by atoms with van der Waals surface area (Å²) in [5.41, 5.74) is 3.90. The maximum atomic E-state index is 10.2. The van der Waals surface area contributed by atoms with Crippen LogP contribution in [0.5, 0.6) is 0 Å². The van der Waals surface area contributed by atoms with E-state index in [2.05, 4.69) is 33.4 Å². The predicted molar refractivity (Wildman–Crippen MR) is 101 cm³/mol. The summed E-state index contributed by atoms with van der Waals surface area (Å²) >= 11 is 0. The average Bonchev–Trinajstić information content (AvgIpc) is 2.81. The molecule has 4 rings (SSSR count). The van der Waals surface area contributed by atoms with Gasteiger partial charge < -0.3 is 5.11 Å². The monoisotopic (exact) mass is 328 g/mol. The lowest BCUT2D eigenvalue weighted by molar-refractivity contribution is -0.0375. The van der Waals surface area contributed by atoms with Gasteiger partial charge >= 0.3 is 0 Å². The topological polar surface area (TPSA) is 20.2 Å². The summed E-state index contributed by atoms with van der Waals surface area (Å²) < 4.78 is 0. The molecule has 7 atom stereocenters. The summed E-state index contributed by atoms with van der Waals surface area (Å²) in [7, 11) is 0. The molecule has 0 unspecified atom stereocenters.